The molecule has 0 fully saturated rings. The van der Waals surface area contributed by atoms with Crippen LogP contribution in [0.4, 0.5) is 0 Å². The summed E-state index contributed by atoms with van der Waals surface area (Å²) in [4.78, 5) is 4.84. The van der Waals surface area contributed by atoms with E-state index in [1.165, 1.54) is 22.3 Å². The molecule has 3 heterocycles. The summed E-state index contributed by atoms with van der Waals surface area (Å²) in [6, 6.07) is 45.7. The Bertz CT molecular complexity index is 2680. The Labute approximate surface area is 345 Å². The summed E-state index contributed by atoms with van der Waals surface area (Å²) in [7, 11) is 0. The number of rotatable bonds is 6. The van der Waals surface area contributed by atoms with Crippen LogP contribution in [0.15, 0.2) is 128 Å². The van der Waals surface area contributed by atoms with Gasteiger partial charge in [0.25, 0.3) is 6.33 Å². The van der Waals surface area contributed by atoms with Crippen molar-refractivity contribution >= 4 is 21.8 Å². The van der Waals surface area contributed by atoms with Gasteiger partial charge in [-0.25, -0.2) is 4.98 Å². The van der Waals surface area contributed by atoms with E-state index in [-0.39, 0.29) is 37.3 Å². The molecule has 5 nitrogen and oxygen atoms in total. The molecule has 0 saturated carbocycles. The number of pyridine rings is 1. The molecule has 8 aromatic rings. The Hall–Kier alpha value is -5.25. The quantitative estimate of drug-likeness (QED) is 0.123. The molecular formula is C50H48N4OPt-2. The summed E-state index contributed by atoms with van der Waals surface area (Å²) >= 11 is 0. The van der Waals surface area contributed by atoms with Crippen LogP contribution in [0.25, 0.3) is 50.1 Å². The molecule has 0 aliphatic rings. The van der Waals surface area contributed by atoms with Crippen molar-refractivity contribution in [2.24, 2.45) is 0 Å². The van der Waals surface area contributed by atoms with Crippen LogP contribution in [0, 0.1) is 18.5 Å². The number of hydrogen-bond acceptors (Lipinski definition) is 2. The second kappa shape index (κ2) is 14.7. The van der Waals surface area contributed by atoms with Crippen LogP contribution in [0.2, 0.25) is 0 Å². The first-order chi connectivity index (χ1) is 26.1. The van der Waals surface area contributed by atoms with Gasteiger partial charge < -0.3 is 13.9 Å². The molecule has 0 saturated heterocycles. The molecule has 0 bridgehead atoms. The smallest absolute Gasteiger partial charge is 0.267 e. The third kappa shape index (κ3) is 7.75. The minimum Gasteiger partial charge on any atom is -0.510 e. The van der Waals surface area contributed by atoms with E-state index in [1.807, 2.05) is 23.0 Å². The largest absolute Gasteiger partial charge is 0.510 e. The first-order valence-electron chi connectivity index (χ1n) is 19.0. The molecule has 3 aromatic heterocycles. The fraction of sp³-hybridized carbons (Fsp3) is 0.240. The third-order valence-electron chi connectivity index (χ3n) is 10.3. The van der Waals surface area contributed by atoms with E-state index in [0.29, 0.717) is 11.5 Å². The van der Waals surface area contributed by atoms with E-state index < -0.39 is 0 Å². The molecule has 5 aromatic carbocycles. The predicted octanol–water partition coefficient (Wildman–Crippen LogP) is 12.0. The minimum atomic E-state index is -0.138. The van der Waals surface area contributed by atoms with E-state index in [1.54, 1.807) is 0 Å². The number of ether oxygens (including phenoxy) is 1. The zero-order valence-electron chi connectivity index (χ0n) is 33.6. The van der Waals surface area contributed by atoms with Gasteiger partial charge >= 0.3 is 0 Å². The molecule has 6 heteroatoms. The Morgan fingerprint density at radius 3 is 2.04 bits per heavy atom. The van der Waals surface area contributed by atoms with Crippen molar-refractivity contribution in [2.75, 3.05) is 0 Å². The Morgan fingerprint density at radius 2 is 1.30 bits per heavy atom. The van der Waals surface area contributed by atoms with Gasteiger partial charge in [0.05, 0.1) is 5.69 Å². The van der Waals surface area contributed by atoms with Gasteiger partial charge in [0, 0.05) is 56.7 Å². The predicted molar refractivity (Wildman–Crippen MR) is 224 cm³/mol. The van der Waals surface area contributed by atoms with E-state index in [0.717, 1.165) is 44.6 Å². The average molecular weight is 916 g/mol. The summed E-state index contributed by atoms with van der Waals surface area (Å²) in [5, 5.41) is 2.24. The SMILES string of the molecule is CC(C)(C)c1cc(Oc2[c-]c3c(cc2)c2ccccc2n3-c2cc(C(C)(C)C)ccn2)[c-]c(-n2[c-][n+](-c3cc(-c4ccccc4)cc(C(C)(C)C)c3)cc2)c1.[Pt]. The van der Waals surface area contributed by atoms with Crippen LogP contribution in [-0.4, -0.2) is 14.1 Å². The van der Waals surface area contributed by atoms with Crippen LogP contribution in [0.3, 0.4) is 0 Å². The summed E-state index contributed by atoms with van der Waals surface area (Å²) < 4.78 is 12.9. The molecule has 0 unspecified atom stereocenters. The molecule has 0 spiro atoms. The summed E-state index contributed by atoms with van der Waals surface area (Å²) in [5.74, 6) is 2.08. The van der Waals surface area contributed by atoms with Gasteiger partial charge in [-0.1, -0.05) is 122 Å². The van der Waals surface area contributed by atoms with Gasteiger partial charge in [-0.15, -0.1) is 29.7 Å². The van der Waals surface area contributed by atoms with Gasteiger partial charge in [0.15, 0.2) is 0 Å². The number of para-hydroxylation sites is 1. The minimum absolute atomic E-state index is 0. The Morgan fingerprint density at radius 1 is 0.607 bits per heavy atom. The topological polar surface area (TPSA) is 35.9 Å². The zero-order valence-corrected chi connectivity index (χ0v) is 35.9. The van der Waals surface area contributed by atoms with Crippen LogP contribution in [-0.2, 0) is 37.3 Å². The van der Waals surface area contributed by atoms with Gasteiger partial charge in [-0.2, -0.15) is 17.7 Å². The summed E-state index contributed by atoms with van der Waals surface area (Å²) in [5.41, 5.74) is 9.69. The van der Waals surface area contributed by atoms with Crippen molar-refractivity contribution in [3.63, 3.8) is 0 Å². The molecule has 0 atom stereocenters. The second-order valence-electron chi connectivity index (χ2n) is 17.6. The van der Waals surface area contributed by atoms with Gasteiger partial charge in [-0.3, -0.25) is 4.57 Å². The number of imidazole rings is 1. The van der Waals surface area contributed by atoms with Crippen molar-refractivity contribution in [1.29, 1.82) is 0 Å². The number of hydrogen-bond donors (Lipinski definition) is 0. The van der Waals surface area contributed by atoms with Gasteiger partial charge in [0.2, 0.25) is 0 Å². The number of benzene rings is 5. The maximum absolute atomic E-state index is 6.68. The third-order valence-corrected chi connectivity index (χ3v) is 10.3. The molecule has 0 radical (unpaired) electrons. The monoisotopic (exact) mass is 915 g/mol. The van der Waals surface area contributed by atoms with Crippen LogP contribution < -0.4 is 9.30 Å². The second-order valence-corrected chi connectivity index (χ2v) is 17.6. The maximum Gasteiger partial charge on any atom is 0.267 e. The van der Waals surface area contributed by atoms with Crippen molar-refractivity contribution < 1.29 is 30.4 Å². The van der Waals surface area contributed by atoms with E-state index >= 15 is 0 Å². The first kappa shape index (κ1) is 39.0. The first-order valence-corrected chi connectivity index (χ1v) is 19.0. The zero-order chi connectivity index (χ0) is 38.7. The molecule has 56 heavy (non-hydrogen) atoms. The van der Waals surface area contributed by atoms with Crippen molar-refractivity contribution in [3.8, 4) is 39.8 Å². The molecule has 8 rings (SSSR count). The van der Waals surface area contributed by atoms with Crippen molar-refractivity contribution in [3.05, 3.63) is 163 Å². The van der Waals surface area contributed by atoms with Crippen LogP contribution in [0.1, 0.15) is 79.0 Å². The van der Waals surface area contributed by atoms with Crippen molar-refractivity contribution in [2.45, 2.75) is 78.6 Å². The number of nitrogens with zero attached hydrogens (tertiary/aromatic N) is 4. The molecule has 0 aliphatic heterocycles. The van der Waals surface area contributed by atoms with Gasteiger partial charge in [0.1, 0.15) is 5.82 Å². The fourth-order valence-corrected chi connectivity index (χ4v) is 7.02. The Balaban J connectivity index is 0.00000480. The summed E-state index contributed by atoms with van der Waals surface area (Å²) in [6.07, 6.45) is 9.57. The Kier molecular flexibility index (Phi) is 10.2. The summed E-state index contributed by atoms with van der Waals surface area (Å²) in [6.45, 7) is 20.1. The average Bonchev–Trinajstić information content (AvgIpc) is 3.78. The fourth-order valence-electron chi connectivity index (χ4n) is 7.02. The molecule has 0 aliphatic carbocycles. The van der Waals surface area contributed by atoms with E-state index in [2.05, 4.69) is 199 Å². The van der Waals surface area contributed by atoms with Crippen molar-refractivity contribution in [1.82, 2.24) is 14.1 Å². The molecule has 0 amide bonds. The van der Waals surface area contributed by atoms with Crippen LogP contribution >= 0.6 is 0 Å². The van der Waals surface area contributed by atoms with Gasteiger partial charge in [-0.05, 0) is 79.9 Å². The maximum atomic E-state index is 6.68. The standard InChI is InChI=1S/C50H48N4O.Pt/c1-48(2,3)36-21-22-51-47(30-36)54-45-18-14-13-17-43(45)44-20-19-41(32-46(44)54)55-42-29-38(50(7,8)9)28-40(31-42)53-24-23-52(33-53)39-26-35(34-15-11-10-12-16-34)25-37(27-39)49(4,5)6;/h10-30H,1-9H3;/q-2;. The number of fused-ring (bicyclic) bond motifs is 3. The van der Waals surface area contributed by atoms with Crippen LogP contribution in [0.5, 0.6) is 11.5 Å². The molecular weight excluding hydrogens is 868 g/mol. The number of aromatic nitrogens is 4. The van der Waals surface area contributed by atoms with E-state index in [4.69, 9.17) is 9.72 Å². The van der Waals surface area contributed by atoms with E-state index in [9.17, 15) is 0 Å². The normalized spacial score (nSPS) is 12.2. The molecule has 286 valence electrons. The molecule has 0 N–H and O–H groups in total.